The third-order valence-corrected chi connectivity index (χ3v) is 4.75. The molecule has 1 aliphatic rings. The first-order valence-electron chi connectivity index (χ1n) is 5.93. The highest BCUT2D eigenvalue weighted by Crippen LogP contribution is 2.26. The van der Waals surface area contributed by atoms with Gasteiger partial charge in [-0.1, -0.05) is 26.0 Å². The third kappa shape index (κ3) is 2.22. The van der Waals surface area contributed by atoms with Gasteiger partial charge in [0.1, 0.15) is 11.4 Å². The number of rotatable bonds is 2. The van der Waals surface area contributed by atoms with Gasteiger partial charge < -0.3 is 0 Å². The topological polar surface area (TPSA) is 82.3 Å². The molecule has 0 aromatic heterocycles. The van der Waals surface area contributed by atoms with Crippen molar-refractivity contribution in [2.24, 2.45) is 10.9 Å². The van der Waals surface area contributed by atoms with Crippen molar-refractivity contribution in [3.05, 3.63) is 29.8 Å². The Labute approximate surface area is 113 Å². The Morgan fingerprint density at radius 1 is 1.37 bits per heavy atom. The first kappa shape index (κ1) is 13.6. The second kappa shape index (κ2) is 4.35. The molecule has 1 aromatic rings. The zero-order chi connectivity index (χ0) is 14.3. The Morgan fingerprint density at radius 2 is 2.00 bits per heavy atom. The number of nitrogens with zero attached hydrogens (tertiary/aromatic N) is 2. The average Bonchev–Trinajstić information content (AvgIpc) is 2.61. The molecule has 0 saturated carbocycles. The van der Waals surface area contributed by atoms with Crippen molar-refractivity contribution in [3.63, 3.8) is 0 Å². The van der Waals surface area contributed by atoms with Gasteiger partial charge in [0.05, 0.1) is 11.0 Å². The van der Waals surface area contributed by atoms with Crippen LogP contribution < -0.4 is 4.72 Å². The zero-order valence-electron chi connectivity index (χ0n) is 11.0. The number of sulfonamides is 1. The maximum atomic E-state index is 11.9. The molecule has 1 atom stereocenters. The largest absolute Gasteiger partial charge is 0.263 e. The standard InChI is InChI=1S/C13H15N3O2S/c1-9(2)13(3,8-14)15-12-10-6-4-5-7-11(10)19(17,18)16-12/h4-7,9H,1-3H3,(H,15,16). The summed E-state index contributed by atoms with van der Waals surface area (Å²) >= 11 is 0. The number of nitriles is 1. The minimum absolute atomic E-state index is 0.0257. The molecular formula is C13H15N3O2S. The molecule has 0 spiro atoms. The predicted octanol–water partition coefficient (Wildman–Crippen LogP) is 1.66. The van der Waals surface area contributed by atoms with Gasteiger partial charge in [0, 0.05) is 5.56 Å². The molecule has 0 radical (unpaired) electrons. The summed E-state index contributed by atoms with van der Waals surface area (Å²) < 4.78 is 26.3. The van der Waals surface area contributed by atoms with Gasteiger partial charge in [-0.05, 0) is 25.0 Å². The van der Waals surface area contributed by atoms with Gasteiger partial charge in [-0.15, -0.1) is 0 Å². The fourth-order valence-electron chi connectivity index (χ4n) is 1.73. The summed E-state index contributed by atoms with van der Waals surface area (Å²) in [5.41, 5.74) is -0.445. The molecule has 5 nitrogen and oxygen atoms in total. The molecule has 19 heavy (non-hydrogen) atoms. The molecule has 2 rings (SSSR count). The lowest BCUT2D eigenvalue weighted by Crippen LogP contribution is -2.32. The Balaban J connectivity index is 2.60. The Bertz CT molecular complexity index is 686. The van der Waals surface area contributed by atoms with Gasteiger partial charge in [-0.3, -0.25) is 4.72 Å². The van der Waals surface area contributed by atoms with Crippen LogP contribution in [0.3, 0.4) is 0 Å². The highest BCUT2D eigenvalue weighted by atomic mass is 32.2. The van der Waals surface area contributed by atoms with Crippen molar-refractivity contribution in [2.45, 2.75) is 31.2 Å². The highest BCUT2D eigenvalue weighted by molar-refractivity contribution is 7.90. The molecule has 0 bridgehead atoms. The van der Waals surface area contributed by atoms with Crippen LogP contribution in [0.15, 0.2) is 34.2 Å². The predicted molar refractivity (Wildman–Crippen MR) is 72.2 cm³/mol. The van der Waals surface area contributed by atoms with E-state index < -0.39 is 15.6 Å². The summed E-state index contributed by atoms with van der Waals surface area (Å²) in [5.74, 6) is 0.218. The van der Waals surface area contributed by atoms with Crippen LogP contribution >= 0.6 is 0 Å². The monoisotopic (exact) mass is 277 g/mol. The minimum Gasteiger partial charge on any atom is -0.263 e. The number of fused-ring (bicyclic) bond motifs is 1. The van der Waals surface area contributed by atoms with Crippen molar-refractivity contribution < 1.29 is 8.42 Å². The quantitative estimate of drug-likeness (QED) is 0.892. The van der Waals surface area contributed by atoms with E-state index in [1.54, 1.807) is 25.1 Å². The van der Waals surface area contributed by atoms with E-state index >= 15 is 0 Å². The van der Waals surface area contributed by atoms with E-state index in [9.17, 15) is 13.7 Å². The molecule has 1 N–H and O–H groups in total. The number of benzene rings is 1. The first-order valence-corrected chi connectivity index (χ1v) is 7.42. The number of amidine groups is 1. The number of nitrogens with one attached hydrogen (secondary N) is 1. The first-order chi connectivity index (χ1) is 8.80. The van der Waals surface area contributed by atoms with E-state index in [0.29, 0.717) is 5.56 Å². The van der Waals surface area contributed by atoms with E-state index in [4.69, 9.17) is 0 Å². The molecule has 0 aliphatic carbocycles. The van der Waals surface area contributed by atoms with E-state index in [-0.39, 0.29) is 16.6 Å². The van der Waals surface area contributed by atoms with Crippen LogP contribution in [0.4, 0.5) is 0 Å². The van der Waals surface area contributed by atoms with Crippen LogP contribution in [0.1, 0.15) is 26.3 Å². The normalized spacial score (nSPS) is 21.5. The molecule has 1 aromatic carbocycles. The fraction of sp³-hybridized carbons (Fsp3) is 0.385. The minimum atomic E-state index is -3.55. The summed E-state index contributed by atoms with van der Waals surface area (Å²) in [7, 11) is -3.55. The fourth-order valence-corrected chi connectivity index (χ4v) is 2.96. The van der Waals surface area contributed by atoms with Gasteiger partial charge in [-0.25, -0.2) is 13.4 Å². The molecule has 0 fully saturated rings. The molecule has 0 amide bonds. The van der Waals surface area contributed by atoms with Gasteiger partial charge in [0.2, 0.25) is 0 Å². The van der Waals surface area contributed by atoms with E-state index in [2.05, 4.69) is 15.8 Å². The molecule has 1 unspecified atom stereocenters. The van der Waals surface area contributed by atoms with Crippen LogP contribution in [-0.2, 0) is 10.0 Å². The average molecular weight is 277 g/mol. The lowest BCUT2D eigenvalue weighted by molar-refractivity contribution is 0.433. The Hall–Kier alpha value is -1.87. The highest BCUT2D eigenvalue weighted by Gasteiger charge is 2.34. The second-order valence-corrected chi connectivity index (χ2v) is 6.63. The van der Waals surface area contributed by atoms with Crippen molar-refractivity contribution in [2.75, 3.05) is 0 Å². The van der Waals surface area contributed by atoms with Crippen molar-refractivity contribution in [1.82, 2.24) is 4.72 Å². The van der Waals surface area contributed by atoms with Crippen LogP contribution in [0, 0.1) is 17.2 Å². The van der Waals surface area contributed by atoms with Gasteiger partial charge >= 0.3 is 0 Å². The van der Waals surface area contributed by atoms with Crippen LogP contribution in [-0.4, -0.2) is 19.8 Å². The van der Waals surface area contributed by atoms with E-state index in [1.807, 2.05) is 13.8 Å². The summed E-state index contributed by atoms with van der Waals surface area (Å²) in [5, 5.41) is 9.26. The molecule has 0 saturated heterocycles. The van der Waals surface area contributed by atoms with Crippen molar-refractivity contribution in [1.29, 1.82) is 5.26 Å². The van der Waals surface area contributed by atoms with Gasteiger partial charge in [0.25, 0.3) is 10.0 Å². The molecule has 100 valence electrons. The summed E-state index contributed by atoms with van der Waals surface area (Å²) in [6, 6.07) is 8.76. The Kier molecular flexibility index (Phi) is 3.11. The third-order valence-electron chi connectivity index (χ3n) is 3.36. The molecule has 1 heterocycles. The summed E-state index contributed by atoms with van der Waals surface area (Å²) in [6.07, 6.45) is 0. The number of hydrogen-bond donors (Lipinski definition) is 1. The molecule has 6 heteroatoms. The summed E-state index contributed by atoms with van der Waals surface area (Å²) in [6.45, 7) is 5.45. The maximum absolute atomic E-state index is 11.9. The van der Waals surface area contributed by atoms with Gasteiger partial charge in [0.15, 0.2) is 0 Å². The number of aliphatic imine (C=N–C) groups is 1. The van der Waals surface area contributed by atoms with E-state index in [1.165, 1.54) is 6.07 Å². The van der Waals surface area contributed by atoms with Gasteiger partial charge in [-0.2, -0.15) is 5.26 Å². The summed E-state index contributed by atoms with van der Waals surface area (Å²) in [4.78, 5) is 4.53. The maximum Gasteiger partial charge on any atom is 0.263 e. The van der Waals surface area contributed by atoms with Crippen LogP contribution in [0.25, 0.3) is 0 Å². The lowest BCUT2D eigenvalue weighted by Gasteiger charge is -2.21. The zero-order valence-corrected chi connectivity index (χ0v) is 11.8. The van der Waals surface area contributed by atoms with Crippen LogP contribution in [0.5, 0.6) is 0 Å². The molecule has 1 aliphatic heterocycles. The van der Waals surface area contributed by atoms with Crippen molar-refractivity contribution in [3.8, 4) is 6.07 Å². The molecular weight excluding hydrogens is 262 g/mol. The SMILES string of the molecule is CC(C)C(C)(C#N)N=C1NS(=O)(=O)c2ccccc21. The lowest BCUT2D eigenvalue weighted by atomic mass is 9.91. The van der Waals surface area contributed by atoms with Crippen LogP contribution in [0.2, 0.25) is 0 Å². The second-order valence-electron chi connectivity index (χ2n) is 4.98. The van der Waals surface area contributed by atoms with E-state index in [0.717, 1.165) is 0 Å². The smallest absolute Gasteiger partial charge is 0.263 e. The van der Waals surface area contributed by atoms with Crippen molar-refractivity contribution >= 4 is 15.9 Å². The number of hydrogen-bond acceptors (Lipinski definition) is 4. The Morgan fingerprint density at radius 3 is 2.58 bits per heavy atom.